The molecule has 2 amide bonds. The average Bonchev–Trinajstić information content (AvgIpc) is 3.11. The van der Waals surface area contributed by atoms with Gasteiger partial charge >= 0.3 is 18.6 Å². The third-order valence-electron chi connectivity index (χ3n) is 6.16. The molecule has 1 saturated heterocycles. The lowest BCUT2D eigenvalue weighted by Crippen LogP contribution is -2.57. The smallest absolute Gasteiger partial charge is 0.406 e. The highest BCUT2D eigenvalue weighted by molar-refractivity contribution is 6.09. The molecule has 1 heterocycles. The summed E-state index contributed by atoms with van der Waals surface area (Å²) < 4.78 is 87.6. The Kier molecular flexibility index (Phi) is 6.45. The molecule has 1 aliphatic rings. The molecule has 1 aliphatic heterocycles. The summed E-state index contributed by atoms with van der Waals surface area (Å²) in [5.41, 5.74) is -3.15. The van der Waals surface area contributed by atoms with Gasteiger partial charge in [-0.05, 0) is 73.2 Å². The SMILES string of the molecule is CC1(C(F)(F)F)C(c2cccc(OC(F)(F)F)c2)N(c2ccc(C#N)cc2)C(=O)N1c1ccc(C#N)cc1. The van der Waals surface area contributed by atoms with Crippen molar-refractivity contribution in [3.8, 4) is 17.9 Å². The third kappa shape index (κ3) is 4.57. The van der Waals surface area contributed by atoms with E-state index in [-0.39, 0.29) is 28.1 Å². The van der Waals surface area contributed by atoms with Crippen molar-refractivity contribution in [1.82, 2.24) is 0 Å². The molecular weight excluding hydrogens is 514 g/mol. The van der Waals surface area contributed by atoms with Gasteiger partial charge in [-0.3, -0.25) is 9.80 Å². The lowest BCUT2D eigenvalue weighted by molar-refractivity contribution is -0.274. The van der Waals surface area contributed by atoms with Crippen LogP contribution in [0.3, 0.4) is 0 Å². The first-order valence-electron chi connectivity index (χ1n) is 10.9. The molecule has 3 aromatic carbocycles. The molecular formula is C26H16F6N4O2. The molecule has 0 N–H and O–H groups in total. The minimum Gasteiger partial charge on any atom is -0.406 e. The molecule has 2 atom stereocenters. The molecule has 0 bridgehead atoms. The number of amides is 2. The Morgan fingerprint density at radius 3 is 1.84 bits per heavy atom. The van der Waals surface area contributed by atoms with Gasteiger partial charge in [0.05, 0.1) is 29.3 Å². The molecule has 194 valence electrons. The van der Waals surface area contributed by atoms with Gasteiger partial charge in [-0.2, -0.15) is 23.7 Å². The third-order valence-corrected chi connectivity index (χ3v) is 6.16. The fraction of sp³-hybridized carbons (Fsp3) is 0.192. The number of nitrogens with zero attached hydrogens (tertiary/aromatic N) is 4. The van der Waals surface area contributed by atoms with Gasteiger partial charge in [-0.25, -0.2) is 4.79 Å². The number of alkyl halides is 6. The topological polar surface area (TPSA) is 80.4 Å². The van der Waals surface area contributed by atoms with Crippen molar-refractivity contribution in [3.05, 3.63) is 89.5 Å². The molecule has 12 heteroatoms. The second kappa shape index (κ2) is 9.30. The molecule has 0 aromatic heterocycles. The van der Waals surface area contributed by atoms with Crippen LogP contribution in [0, 0.1) is 22.7 Å². The van der Waals surface area contributed by atoms with Gasteiger partial charge in [0.1, 0.15) is 5.75 Å². The number of hydrogen-bond acceptors (Lipinski definition) is 4. The molecule has 0 saturated carbocycles. The Morgan fingerprint density at radius 1 is 0.842 bits per heavy atom. The van der Waals surface area contributed by atoms with Crippen LogP contribution >= 0.6 is 0 Å². The van der Waals surface area contributed by atoms with Crippen LogP contribution in [0.1, 0.15) is 29.7 Å². The van der Waals surface area contributed by atoms with E-state index < -0.39 is 35.9 Å². The number of hydrogen-bond donors (Lipinski definition) is 0. The molecule has 4 rings (SSSR count). The molecule has 0 spiro atoms. The zero-order valence-electron chi connectivity index (χ0n) is 19.4. The van der Waals surface area contributed by atoms with Crippen LogP contribution in [0.15, 0.2) is 72.8 Å². The highest BCUT2D eigenvalue weighted by Crippen LogP contribution is 2.55. The molecule has 0 radical (unpaired) electrons. The zero-order chi connectivity index (χ0) is 27.9. The van der Waals surface area contributed by atoms with E-state index in [1.54, 1.807) is 0 Å². The molecule has 3 aromatic rings. The summed E-state index contributed by atoms with van der Waals surface area (Å²) in [5, 5.41) is 18.2. The number of benzene rings is 3. The second-order valence-electron chi connectivity index (χ2n) is 8.47. The fourth-order valence-electron chi connectivity index (χ4n) is 4.45. The fourth-order valence-corrected chi connectivity index (χ4v) is 4.45. The maximum Gasteiger partial charge on any atom is 0.573 e. The van der Waals surface area contributed by atoms with Crippen LogP contribution in [0.2, 0.25) is 0 Å². The lowest BCUT2D eigenvalue weighted by Gasteiger charge is -2.40. The molecule has 2 unspecified atom stereocenters. The maximum absolute atomic E-state index is 15.0. The van der Waals surface area contributed by atoms with Crippen LogP contribution < -0.4 is 14.5 Å². The van der Waals surface area contributed by atoms with Crippen LogP contribution in [-0.2, 0) is 0 Å². The van der Waals surface area contributed by atoms with Gasteiger partial charge in [0.2, 0.25) is 0 Å². The maximum atomic E-state index is 15.0. The van der Waals surface area contributed by atoms with Crippen molar-refractivity contribution < 1.29 is 35.9 Å². The number of carbonyl (C=O) groups is 1. The van der Waals surface area contributed by atoms with Gasteiger partial charge in [0, 0.05) is 11.4 Å². The predicted molar refractivity (Wildman–Crippen MR) is 123 cm³/mol. The minimum absolute atomic E-state index is 0.0206. The van der Waals surface area contributed by atoms with Crippen molar-refractivity contribution in [2.24, 2.45) is 0 Å². The first-order chi connectivity index (χ1) is 17.8. The van der Waals surface area contributed by atoms with E-state index in [0.717, 1.165) is 30.0 Å². The van der Waals surface area contributed by atoms with Gasteiger partial charge in [-0.1, -0.05) is 12.1 Å². The second-order valence-corrected chi connectivity index (χ2v) is 8.47. The highest BCUT2D eigenvalue weighted by Gasteiger charge is 2.69. The summed E-state index contributed by atoms with van der Waals surface area (Å²) in [7, 11) is 0. The van der Waals surface area contributed by atoms with Crippen LogP contribution in [0.5, 0.6) is 5.75 Å². The monoisotopic (exact) mass is 530 g/mol. The van der Waals surface area contributed by atoms with E-state index in [1.807, 2.05) is 12.1 Å². The first-order valence-corrected chi connectivity index (χ1v) is 10.9. The molecule has 38 heavy (non-hydrogen) atoms. The summed E-state index contributed by atoms with van der Waals surface area (Å²) in [6, 6.07) is 14.7. The van der Waals surface area contributed by atoms with E-state index in [2.05, 4.69) is 4.74 Å². The van der Waals surface area contributed by atoms with Gasteiger partial charge in [0.25, 0.3) is 0 Å². The van der Waals surface area contributed by atoms with E-state index >= 15 is 0 Å². The highest BCUT2D eigenvalue weighted by atomic mass is 19.4. The summed E-state index contributed by atoms with van der Waals surface area (Å²) in [6.45, 7) is 0.773. The molecule has 0 aliphatic carbocycles. The van der Waals surface area contributed by atoms with Crippen molar-refractivity contribution in [1.29, 1.82) is 10.5 Å². The Bertz CT molecular complexity index is 1440. The first kappa shape index (κ1) is 26.4. The van der Waals surface area contributed by atoms with Crippen LogP contribution in [0.25, 0.3) is 0 Å². The predicted octanol–water partition coefficient (Wildman–Crippen LogP) is 6.84. The van der Waals surface area contributed by atoms with Gasteiger partial charge in [-0.15, -0.1) is 13.2 Å². The van der Waals surface area contributed by atoms with Crippen molar-refractivity contribution >= 4 is 17.4 Å². The van der Waals surface area contributed by atoms with E-state index in [9.17, 15) is 31.1 Å². The van der Waals surface area contributed by atoms with E-state index in [0.29, 0.717) is 4.90 Å². The molecule has 6 nitrogen and oxygen atoms in total. The van der Waals surface area contributed by atoms with Gasteiger partial charge in [0.15, 0.2) is 5.54 Å². The van der Waals surface area contributed by atoms with Crippen molar-refractivity contribution in [2.75, 3.05) is 9.80 Å². The van der Waals surface area contributed by atoms with Crippen LogP contribution in [-0.4, -0.2) is 24.1 Å². The number of nitriles is 2. The molecule has 1 fully saturated rings. The lowest BCUT2D eigenvalue weighted by atomic mass is 9.85. The van der Waals surface area contributed by atoms with E-state index in [1.165, 1.54) is 54.6 Å². The Balaban J connectivity index is 1.98. The normalized spacial score (nSPS) is 19.7. The summed E-state index contributed by atoms with van der Waals surface area (Å²) >= 11 is 0. The number of carbonyl (C=O) groups excluding carboxylic acids is 1. The Morgan fingerprint density at radius 2 is 1.37 bits per heavy atom. The summed E-state index contributed by atoms with van der Waals surface area (Å²) in [5.74, 6) is -0.761. The quantitative estimate of drug-likeness (QED) is 0.346. The summed E-state index contributed by atoms with van der Waals surface area (Å²) in [4.78, 5) is 15.1. The number of anilines is 2. The number of halogens is 6. The van der Waals surface area contributed by atoms with E-state index in [4.69, 9.17) is 10.5 Å². The average molecular weight is 530 g/mol. The van der Waals surface area contributed by atoms with Crippen molar-refractivity contribution in [2.45, 2.75) is 31.0 Å². The number of rotatable bonds is 4. The van der Waals surface area contributed by atoms with Crippen molar-refractivity contribution in [3.63, 3.8) is 0 Å². The number of urea groups is 1. The Labute approximate surface area is 212 Å². The Hall–Kier alpha value is -4.71. The zero-order valence-corrected chi connectivity index (χ0v) is 19.4. The standard InChI is InChI=1S/C26H16F6N4O2/c1-24(25(27,28)29)22(18-3-2-4-21(13-18)38-26(30,31)32)35(19-9-5-16(14-33)6-10-19)23(37)36(24)20-11-7-17(15-34)8-12-20/h2-13,22H,1H3. The van der Waals surface area contributed by atoms with Crippen LogP contribution in [0.4, 0.5) is 42.5 Å². The van der Waals surface area contributed by atoms with Gasteiger partial charge < -0.3 is 4.74 Å². The largest absolute Gasteiger partial charge is 0.573 e. The summed E-state index contributed by atoms with van der Waals surface area (Å²) in [6.07, 6.45) is -10.2. The minimum atomic E-state index is -5.10. The number of ether oxygens (including phenoxy) is 1.